The fourth-order valence-electron chi connectivity index (χ4n) is 5.21. The number of nitrogens with one attached hydrogen (secondary N) is 1. The average Bonchev–Trinajstić information content (AvgIpc) is 3.47. The summed E-state index contributed by atoms with van der Waals surface area (Å²) in [6.45, 7) is -0.940. The number of sulfonamides is 1. The van der Waals surface area contributed by atoms with Crippen LogP contribution in [0.25, 0.3) is 0 Å². The molecule has 13 heteroatoms. The third-order valence-electron chi connectivity index (χ3n) is 7.46. The van der Waals surface area contributed by atoms with Gasteiger partial charge in [-0.2, -0.15) is 13.2 Å². The lowest BCUT2D eigenvalue weighted by Gasteiger charge is -2.34. The number of amides is 2. The standard InChI is InChI=1S/C31H32Cl2F3N3O4S/c1-44(42,43)39(25-15-16-27(33)26(18-25)31(34,35)36)20-29(40)38(19-22-11-13-23(32)14-12-22)28(17-21-7-3-2-4-8-21)30(41)37-24-9-5-6-10-24/h2-4,7-8,11-16,18,24,28H,5-6,9-10,17,19-20H2,1H3,(H,37,41). The highest BCUT2D eigenvalue weighted by molar-refractivity contribution is 7.92. The van der Waals surface area contributed by atoms with Crippen LogP contribution in [0.2, 0.25) is 10.0 Å². The highest BCUT2D eigenvalue weighted by atomic mass is 35.5. The minimum atomic E-state index is -4.86. The molecule has 3 aromatic carbocycles. The van der Waals surface area contributed by atoms with E-state index in [1.54, 1.807) is 36.4 Å². The van der Waals surface area contributed by atoms with Crippen LogP contribution in [0.15, 0.2) is 72.8 Å². The van der Waals surface area contributed by atoms with Gasteiger partial charge in [0.1, 0.15) is 12.6 Å². The largest absolute Gasteiger partial charge is 0.417 e. The Morgan fingerprint density at radius 1 is 0.955 bits per heavy atom. The summed E-state index contributed by atoms with van der Waals surface area (Å²) >= 11 is 11.8. The SMILES string of the molecule is CS(=O)(=O)N(CC(=O)N(Cc1ccc(Cl)cc1)C(Cc1ccccc1)C(=O)NC1CCCC1)c1ccc(Cl)c(C(F)(F)F)c1. The van der Waals surface area contributed by atoms with Crippen molar-refractivity contribution >= 4 is 50.7 Å². The highest BCUT2D eigenvalue weighted by Gasteiger charge is 2.37. The average molecular weight is 671 g/mol. The Morgan fingerprint density at radius 2 is 1.59 bits per heavy atom. The maximum atomic E-state index is 14.1. The Morgan fingerprint density at radius 3 is 2.18 bits per heavy atom. The van der Waals surface area contributed by atoms with E-state index < -0.39 is 51.2 Å². The number of benzene rings is 3. The molecule has 0 heterocycles. The summed E-state index contributed by atoms with van der Waals surface area (Å²) in [5.74, 6) is -1.18. The van der Waals surface area contributed by atoms with Crippen molar-refractivity contribution in [3.05, 3.63) is 99.5 Å². The Bertz CT molecular complexity index is 1570. The first kappa shape index (κ1) is 33.6. The molecule has 1 fully saturated rings. The van der Waals surface area contributed by atoms with Crippen LogP contribution in [0.5, 0.6) is 0 Å². The Balaban J connectivity index is 1.75. The van der Waals surface area contributed by atoms with Crippen molar-refractivity contribution in [3.8, 4) is 0 Å². The molecule has 1 saturated carbocycles. The quantitative estimate of drug-likeness (QED) is 0.253. The zero-order valence-corrected chi connectivity index (χ0v) is 26.2. The van der Waals surface area contributed by atoms with Crippen molar-refractivity contribution < 1.29 is 31.2 Å². The van der Waals surface area contributed by atoms with Gasteiger partial charge in [0.15, 0.2) is 0 Å². The number of carbonyl (C=O) groups is 2. The second-order valence-corrected chi connectivity index (χ2v) is 13.5. The molecule has 1 aliphatic rings. The van der Waals surface area contributed by atoms with Gasteiger partial charge < -0.3 is 10.2 Å². The van der Waals surface area contributed by atoms with Crippen LogP contribution in [0, 0.1) is 0 Å². The van der Waals surface area contributed by atoms with Crippen molar-refractivity contribution in [1.82, 2.24) is 10.2 Å². The minimum absolute atomic E-state index is 0.0596. The van der Waals surface area contributed by atoms with E-state index in [0.29, 0.717) is 21.0 Å². The zero-order valence-electron chi connectivity index (χ0n) is 23.9. The maximum absolute atomic E-state index is 14.1. The van der Waals surface area contributed by atoms with E-state index in [-0.39, 0.29) is 24.7 Å². The first-order valence-corrected chi connectivity index (χ1v) is 16.6. The normalized spacial score (nSPS) is 14.7. The van der Waals surface area contributed by atoms with E-state index in [2.05, 4.69) is 5.32 Å². The molecule has 1 N–H and O–H groups in total. The molecule has 0 bridgehead atoms. The van der Waals surface area contributed by atoms with Crippen molar-refractivity contribution in [1.29, 1.82) is 0 Å². The molecule has 2 amide bonds. The first-order valence-electron chi connectivity index (χ1n) is 13.9. The Kier molecular flexibility index (Phi) is 10.9. The van der Waals surface area contributed by atoms with Crippen molar-refractivity contribution in [2.75, 3.05) is 17.1 Å². The number of hydrogen-bond acceptors (Lipinski definition) is 4. The number of rotatable bonds is 11. The van der Waals surface area contributed by atoms with E-state index in [9.17, 15) is 31.2 Å². The molecule has 4 rings (SSSR count). The van der Waals surface area contributed by atoms with E-state index >= 15 is 0 Å². The molecule has 0 aromatic heterocycles. The van der Waals surface area contributed by atoms with Gasteiger partial charge in [0, 0.05) is 24.0 Å². The van der Waals surface area contributed by atoms with Gasteiger partial charge in [-0.05, 0) is 54.3 Å². The van der Waals surface area contributed by atoms with Crippen LogP contribution in [-0.2, 0) is 38.8 Å². The van der Waals surface area contributed by atoms with E-state index in [0.717, 1.165) is 49.6 Å². The number of halogens is 5. The van der Waals surface area contributed by atoms with Crippen molar-refractivity contribution in [2.45, 2.75) is 56.9 Å². The summed E-state index contributed by atoms with van der Waals surface area (Å²) in [6, 6.07) is 17.2. The van der Waals surface area contributed by atoms with Crippen molar-refractivity contribution in [3.63, 3.8) is 0 Å². The second kappa shape index (κ2) is 14.2. The van der Waals surface area contributed by atoms with Crippen LogP contribution < -0.4 is 9.62 Å². The zero-order chi connectivity index (χ0) is 32.1. The summed E-state index contributed by atoms with van der Waals surface area (Å²) in [4.78, 5) is 29.3. The van der Waals surface area contributed by atoms with Crippen LogP contribution in [0.1, 0.15) is 42.4 Å². The molecule has 3 aromatic rings. The highest BCUT2D eigenvalue weighted by Crippen LogP contribution is 2.37. The van der Waals surface area contributed by atoms with Gasteiger partial charge >= 0.3 is 6.18 Å². The number of anilines is 1. The third kappa shape index (κ3) is 8.89. The predicted molar refractivity (Wildman–Crippen MR) is 165 cm³/mol. The van der Waals surface area contributed by atoms with Gasteiger partial charge in [-0.3, -0.25) is 13.9 Å². The number of alkyl halides is 3. The van der Waals surface area contributed by atoms with Gasteiger partial charge in [-0.1, -0.05) is 78.5 Å². The summed E-state index contributed by atoms with van der Waals surface area (Å²) in [6.07, 6.45) is -0.418. The molecule has 0 radical (unpaired) electrons. The third-order valence-corrected chi connectivity index (χ3v) is 9.18. The van der Waals surface area contributed by atoms with Crippen LogP contribution in [-0.4, -0.2) is 50.0 Å². The maximum Gasteiger partial charge on any atom is 0.417 e. The summed E-state index contributed by atoms with van der Waals surface area (Å²) in [5.41, 5.74) is -0.251. The molecular formula is C31H32Cl2F3N3O4S. The lowest BCUT2D eigenvalue weighted by molar-refractivity contribution is -0.140. The predicted octanol–water partition coefficient (Wildman–Crippen LogP) is 6.48. The molecule has 1 unspecified atom stereocenters. The molecule has 0 spiro atoms. The lowest BCUT2D eigenvalue weighted by atomic mass is 10.0. The van der Waals surface area contributed by atoms with Crippen LogP contribution in [0.3, 0.4) is 0 Å². The van der Waals surface area contributed by atoms with Crippen molar-refractivity contribution in [2.24, 2.45) is 0 Å². The monoisotopic (exact) mass is 669 g/mol. The van der Waals surface area contributed by atoms with Gasteiger partial charge in [-0.15, -0.1) is 0 Å². The fraction of sp³-hybridized carbons (Fsp3) is 0.355. The van der Waals surface area contributed by atoms with Crippen LogP contribution in [0.4, 0.5) is 18.9 Å². The van der Waals surface area contributed by atoms with Gasteiger partial charge in [-0.25, -0.2) is 8.42 Å². The summed E-state index contributed by atoms with van der Waals surface area (Å²) in [5, 5.41) is 2.89. The number of nitrogens with zero attached hydrogens (tertiary/aromatic N) is 2. The van der Waals surface area contributed by atoms with E-state index in [4.69, 9.17) is 23.2 Å². The topological polar surface area (TPSA) is 86.8 Å². The lowest BCUT2D eigenvalue weighted by Crippen LogP contribution is -2.54. The van der Waals surface area contributed by atoms with E-state index in [1.807, 2.05) is 18.2 Å². The summed E-state index contributed by atoms with van der Waals surface area (Å²) < 4.78 is 67.3. The molecule has 7 nitrogen and oxygen atoms in total. The fourth-order valence-corrected chi connectivity index (χ4v) is 6.40. The number of hydrogen-bond donors (Lipinski definition) is 1. The molecule has 1 aliphatic carbocycles. The van der Waals surface area contributed by atoms with Gasteiger partial charge in [0.2, 0.25) is 21.8 Å². The Labute approximate surface area is 265 Å². The minimum Gasteiger partial charge on any atom is -0.352 e. The number of carbonyl (C=O) groups excluding carboxylic acids is 2. The van der Waals surface area contributed by atoms with E-state index in [1.165, 1.54) is 4.90 Å². The first-order chi connectivity index (χ1) is 20.7. The molecular weight excluding hydrogens is 638 g/mol. The summed E-state index contributed by atoms with van der Waals surface area (Å²) in [7, 11) is -4.27. The molecule has 236 valence electrons. The molecule has 44 heavy (non-hydrogen) atoms. The Hall–Kier alpha value is -3.28. The van der Waals surface area contributed by atoms with Gasteiger partial charge in [0.05, 0.1) is 22.5 Å². The smallest absolute Gasteiger partial charge is 0.352 e. The molecule has 0 aliphatic heterocycles. The van der Waals surface area contributed by atoms with Crippen LogP contribution >= 0.6 is 23.2 Å². The molecule has 1 atom stereocenters. The second-order valence-electron chi connectivity index (χ2n) is 10.8. The molecule has 0 saturated heterocycles. The van der Waals surface area contributed by atoms with Gasteiger partial charge in [0.25, 0.3) is 0 Å².